The molecular formula is C17H17NO. The van der Waals surface area contributed by atoms with Crippen molar-refractivity contribution in [3.05, 3.63) is 78.2 Å². The minimum Gasteiger partial charge on any atom is -0.308 e. The van der Waals surface area contributed by atoms with Gasteiger partial charge < -0.3 is 4.90 Å². The molecule has 1 aromatic rings. The molecule has 0 saturated carbocycles. The van der Waals surface area contributed by atoms with Gasteiger partial charge in [0.05, 0.1) is 12.5 Å². The number of hydrogen-bond acceptors (Lipinski definition) is 1. The number of hydrogen-bond donors (Lipinski definition) is 0. The van der Waals surface area contributed by atoms with Crippen LogP contribution < -0.4 is 0 Å². The topological polar surface area (TPSA) is 20.3 Å². The van der Waals surface area contributed by atoms with E-state index < -0.39 is 0 Å². The first-order valence-corrected chi connectivity index (χ1v) is 6.30. The third kappa shape index (κ3) is 2.93. The van der Waals surface area contributed by atoms with Crippen LogP contribution in [-0.2, 0) is 4.79 Å². The van der Waals surface area contributed by atoms with E-state index in [4.69, 9.17) is 0 Å². The van der Waals surface area contributed by atoms with Gasteiger partial charge >= 0.3 is 0 Å². The summed E-state index contributed by atoms with van der Waals surface area (Å²) in [7, 11) is 0. The monoisotopic (exact) mass is 251 g/mol. The summed E-state index contributed by atoms with van der Waals surface area (Å²) in [4.78, 5) is 13.6. The maximum Gasteiger partial charge on any atom is 0.229 e. The smallest absolute Gasteiger partial charge is 0.229 e. The van der Waals surface area contributed by atoms with Gasteiger partial charge in [0.25, 0.3) is 0 Å². The lowest BCUT2D eigenvalue weighted by atomic mass is 9.93. The van der Waals surface area contributed by atoms with Gasteiger partial charge in [-0.25, -0.2) is 0 Å². The van der Waals surface area contributed by atoms with Gasteiger partial charge in [0.1, 0.15) is 0 Å². The fourth-order valence-electron chi connectivity index (χ4n) is 2.20. The molecular weight excluding hydrogens is 234 g/mol. The number of β-lactam (4-membered cyclic amide) rings is 1. The Balaban J connectivity index is 2.14. The second-order valence-corrected chi connectivity index (χ2v) is 4.46. The fraction of sp³-hybridized carbons (Fsp3) is 0.176. The van der Waals surface area contributed by atoms with E-state index >= 15 is 0 Å². The Hall–Kier alpha value is -2.31. The van der Waals surface area contributed by atoms with Crippen LogP contribution in [0.5, 0.6) is 0 Å². The molecule has 1 aromatic carbocycles. The molecule has 1 aliphatic rings. The molecule has 0 aliphatic carbocycles. The first-order valence-electron chi connectivity index (χ1n) is 6.30. The average molecular weight is 251 g/mol. The standard InChI is InChI=1S/C17H17NO/c1-3-4-5-7-10-14(2)18-16(13-17(18)19)15-11-8-6-9-12-15/h4-12,16H,1,13H2,2H3. The Bertz CT molecular complexity index is 562. The van der Waals surface area contributed by atoms with Gasteiger partial charge in [-0.1, -0.05) is 49.1 Å². The predicted octanol–water partition coefficient (Wildman–Crippen LogP) is 3.76. The molecule has 2 nitrogen and oxygen atoms in total. The highest BCUT2D eigenvalue weighted by atomic mass is 16.2. The van der Waals surface area contributed by atoms with Crippen LogP contribution in [0.4, 0.5) is 0 Å². The van der Waals surface area contributed by atoms with E-state index in [1.807, 2.05) is 48.3 Å². The zero-order valence-electron chi connectivity index (χ0n) is 11.0. The molecule has 0 bridgehead atoms. The third-order valence-corrected chi connectivity index (χ3v) is 3.18. The van der Waals surface area contributed by atoms with E-state index in [1.165, 1.54) is 5.56 Å². The molecule has 1 heterocycles. The summed E-state index contributed by atoms with van der Waals surface area (Å²) in [6, 6.07) is 10.3. The maximum absolute atomic E-state index is 11.8. The normalized spacial score (nSPS) is 19.2. The van der Waals surface area contributed by atoms with Crippen LogP contribution in [-0.4, -0.2) is 10.8 Å². The third-order valence-electron chi connectivity index (χ3n) is 3.18. The highest BCUT2D eigenvalue weighted by Crippen LogP contribution is 2.37. The Morgan fingerprint density at radius 1 is 1.37 bits per heavy atom. The van der Waals surface area contributed by atoms with Crippen molar-refractivity contribution in [2.24, 2.45) is 0 Å². The molecule has 0 spiro atoms. The van der Waals surface area contributed by atoms with Crippen molar-refractivity contribution in [3.63, 3.8) is 0 Å². The van der Waals surface area contributed by atoms with Crippen molar-refractivity contribution in [3.8, 4) is 0 Å². The van der Waals surface area contributed by atoms with Crippen molar-refractivity contribution in [1.29, 1.82) is 0 Å². The van der Waals surface area contributed by atoms with Crippen LogP contribution >= 0.6 is 0 Å². The molecule has 1 atom stereocenters. The van der Waals surface area contributed by atoms with E-state index in [0.717, 1.165) is 5.70 Å². The van der Waals surface area contributed by atoms with Crippen molar-refractivity contribution in [2.75, 3.05) is 0 Å². The van der Waals surface area contributed by atoms with Gasteiger partial charge in [0.2, 0.25) is 5.91 Å². The molecule has 1 unspecified atom stereocenters. The quantitative estimate of drug-likeness (QED) is 0.453. The summed E-state index contributed by atoms with van der Waals surface area (Å²) in [6.45, 7) is 5.44. The molecule has 1 saturated heterocycles. The summed E-state index contributed by atoms with van der Waals surface area (Å²) in [5.41, 5.74) is 4.81. The first-order chi connectivity index (χ1) is 9.24. The molecule has 0 N–H and O–H groups in total. The van der Waals surface area contributed by atoms with Crippen LogP contribution in [0.3, 0.4) is 0 Å². The average Bonchev–Trinajstić information content (AvgIpc) is 2.42. The molecule has 1 amide bonds. The van der Waals surface area contributed by atoms with Gasteiger partial charge in [-0.2, -0.15) is 0 Å². The summed E-state index contributed by atoms with van der Waals surface area (Å²) in [5, 5.41) is 0. The number of carbonyl (C=O) groups excluding carboxylic acids is 1. The number of amides is 1. The van der Waals surface area contributed by atoms with Crippen LogP contribution in [0.1, 0.15) is 24.9 Å². The highest BCUT2D eigenvalue weighted by molar-refractivity contribution is 5.85. The van der Waals surface area contributed by atoms with Crippen LogP contribution in [0.2, 0.25) is 0 Å². The van der Waals surface area contributed by atoms with Crippen LogP contribution in [0.15, 0.2) is 72.6 Å². The number of allylic oxidation sites excluding steroid dienone is 5. The molecule has 1 aliphatic heterocycles. The number of benzene rings is 1. The Labute approximate surface area is 114 Å². The van der Waals surface area contributed by atoms with Crippen LogP contribution in [0.25, 0.3) is 0 Å². The summed E-state index contributed by atoms with van der Waals surface area (Å²) in [6.07, 6.45) is 7.99. The minimum absolute atomic E-state index is 0.174. The van der Waals surface area contributed by atoms with E-state index in [2.05, 4.69) is 24.4 Å². The van der Waals surface area contributed by atoms with Gasteiger partial charge in [-0.15, -0.1) is 5.73 Å². The molecule has 0 aromatic heterocycles. The Morgan fingerprint density at radius 2 is 2.11 bits per heavy atom. The number of rotatable bonds is 4. The molecule has 2 heteroatoms. The van der Waals surface area contributed by atoms with E-state index in [9.17, 15) is 4.79 Å². The lowest BCUT2D eigenvalue weighted by Crippen LogP contribution is -2.44. The predicted molar refractivity (Wildman–Crippen MR) is 77.3 cm³/mol. The van der Waals surface area contributed by atoms with E-state index in [-0.39, 0.29) is 11.9 Å². The van der Waals surface area contributed by atoms with Gasteiger partial charge in [-0.3, -0.25) is 4.79 Å². The minimum atomic E-state index is 0.174. The van der Waals surface area contributed by atoms with Crippen molar-refractivity contribution in [1.82, 2.24) is 4.90 Å². The zero-order valence-corrected chi connectivity index (χ0v) is 11.0. The second-order valence-electron chi connectivity index (χ2n) is 4.46. The van der Waals surface area contributed by atoms with Crippen molar-refractivity contribution < 1.29 is 4.79 Å². The zero-order chi connectivity index (χ0) is 13.7. The van der Waals surface area contributed by atoms with Gasteiger partial charge in [0, 0.05) is 5.70 Å². The molecule has 2 rings (SSSR count). The molecule has 0 radical (unpaired) electrons. The van der Waals surface area contributed by atoms with Crippen molar-refractivity contribution >= 4 is 5.91 Å². The van der Waals surface area contributed by atoms with Crippen LogP contribution in [0, 0.1) is 0 Å². The van der Waals surface area contributed by atoms with Crippen molar-refractivity contribution in [2.45, 2.75) is 19.4 Å². The van der Waals surface area contributed by atoms with Gasteiger partial charge in [-0.05, 0) is 24.6 Å². The summed E-state index contributed by atoms with van der Waals surface area (Å²) >= 11 is 0. The second kappa shape index (κ2) is 6.03. The summed E-state index contributed by atoms with van der Waals surface area (Å²) in [5.74, 6) is 0.176. The van der Waals surface area contributed by atoms with E-state index in [1.54, 1.807) is 6.08 Å². The SMILES string of the molecule is C=C=CC=CC=C(C)N1C(=O)CC1c1ccccc1. The molecule has 1 fully saturated rings. The summed E-state index contributed by atoms with van der Waals surface area (Å²) < 4.78 is 0. The lowest BCUT2D eigenvalue weighted by Gasteiger charge is -2.41. The first kappa shape index (κ1) is 13.1. The maximum atomic E-state index is 11.8. The number of nitrogens with zero attached hydrogens (tertiary/aromatic N) is 1. The Morgan fingerprint density at radius 3 is 2.74 bits per heavy atom. The number of likely N-dealkylation sites (tertiary alicyclic amines) is 1. The fourth-order valence-corrected chi connectivity index (χ4v) is 2.20. The van der Waals surface area contributed by atoms with E-state index in [0.29, 0.717) is 6.42 Å². The molecule has 96 valence electrons. The molecule has 19 heavy (non-hydrogen) atoms. The lowest BCUT2D eigenvalue weighted by molar-refractivity contribution is -0.142. The largest absolute Gasteiger partial charge is 0.308 e. The van der Waals surface area contributed by atoms with Gasteiger partial charge in [0.15, 0.2) is 0 Å². The number of carbonyl (C=O) groups is 1. The highest BCUT2D eigenvalue weighted by Gasteiger charge is 2.37. The Kier molecular flexibility index (Phi) is 4.17.